The molecule has 0 spiro atoms. The first kappa shape index (κ1) is 11.6. The van der Waals surface area contributed by atoms with Crippen LogP contribution in [0.3, 0.4) is 0 Å². The van der Waals surface area contributed by atoms with Gasteiger partial charge in [-0.3, -0.25) is 0 Å². The fraction of sp³-hybridized carbons (Fsp3) is 0.750. The van der Waals surface area contributed by atoms with Crippen LogP contribution in [0.4, 0.5) is 0 Å². The Balaban J connectivity index is 1.48. The molecule has 4 nitrogen and oxygen atoms in total. The van der Waals surface area contributed by atoms with E-state index in [0.29, 0.717) is 0 Å². The summed E-state index contributed by atoms with van der Waals surface area (Å²) in [6.45, 7) is 5.73. The SMILES string of the molecule is c1cn(CCCNCC2CCCNC2)cn1. The Morgan fingerprint density at radius 2 is 2.50 bits per heavy atom. The van der Waals surface area contributed by atoms with Gasteiger partial charge < -0.3 is 15.2 Å². The average molecular weight is 222 g/mol. The first-order chi connectivity index (χ1) is 7.95. The summed E-state index contributed by atoms with van der Waals surface area (Å²) in [7, 11) is 0. The molecule has 0 bridgehead atoms. The maximum absolute atomic E-state index is 4.03. The molecule has 2 heterocycles. The van der Waals surface area contributed by atoms with Crippen LogP contribution in [-0.4, -0.2) is 35.7 Å². The lowest BCUT2D eigenvalue weighted by Gasteiger charge is -2.22. The fourth-order valence-electron chi connectivity index (χ4n) is 2.21. The topological polar surface area (TPSA) is 41.9 Å². The lowest BCUT2D eigenvalue weighted by Crippen LogP contribution is -2.36. The van der Waals surface area contributed by atoms with Gasteiger partial charge in [0.15, 0.2) is 0 Å². The Bertz CT molecular complexity index is 265. The third-order valence-electron chi connectivity index (χ3n) is 3.16. The van der Waals surface area contributed by atoms with Gasteiger partial charge in [0.2, 0.25) is 0 Å². The number of hydrogen-bond acceptors (Lipinski definition) is 3. The second-order valence-electron chi connectivity index (χ2n) is 4.57. The zero-order valence-electron chi connectivity index (χ0n) is 9.86. The summed E-state index contributed by atoms with van der Waals surface area (Å²) in [4.78, 5) is 4.03. The molecular weight excluding hydrogens is 200 g/mol. The molecule has 0 radical (unpaired) electrons. The third-order valence-corrected chi connectivity index (χ3v) is 3.16. The molecule has 4 heteroatoms. The summed E-state index contributed by atoms with van der Waals surface area (Å²) < 4.78 is 2.13. The minimum atomic E-state index is 0.835. The third kappa shape index (κ3) is 3.94. The van der Waals surface area contributed by atoms with Crippen molar-refractivity contribution >= 4 is 0 Å². The van der Waals surface area contributed by atoms with Crippen LogP contribution in [0, 0.1) is 5.92 Å². The minimum Gasteiger partial charge on any atom is -0.337 e. The van der Waals surface area contributed by atoms with E-state index in [0.717, 1.165) is 25.6 Å². The van der Waals surface area contributed by atoms with E-state index in [1.165, 1.54) is 32.4 Å². The highest BCUT2D eigenvalue weighted by Gasteiger charge is 2.11. The first-order valence-electron chi connectivity index (χ1n) is 6.32. The van der Waals surface area contributed by atoms with E-state index in [2.05, 4.69) is 20.2 Å². The molecule has 1 aliphatic rings. The molecule has 1 fully saturated rings. The van der Waals surface area contributed by atoms with Crippen LogP contribution in [0.25, 0.3) is 0 Å². The Morgan fingerprint density at radius 1 is 1.50 bits per heavy atom. The summed E-state index contributed by atoms with van der Waals surface area (Å²) in [6.07, 6.45) is 9.62. The molecule has 1 aromatic heterocycles. The van der Waals surface area contributed by atoms with E-state index in [-0.39, 0.29) is 0 Å². The van der Waals surface area contributed by atoms with Gasteiger partial charge in [-0.2, -0.15) is 0 Å². The maximum atomic E-state index is 4.03. The Labute approximate surface area is 97.4 Å². The van der Waals surface area contributed by atoms with Gasteiger partial charge in [0, 0.05) is 18.9 Å². The van der Waals surface area contributed by atoms with Crippen LogP contribution in [-0.2, 0) is 6.54 Å². The second-order valence-corrected chi connectivity index (χ2v) is 4.57. The number of imidazole rings is 1. The molecule has 90 valence electrons. The van der Waals surface area contributed by atoms with Crippen molar-refractivity contribution in [1.29, 1.82) is 0 Å². The highest BCUT2D eigenvalue weighted by molar-refractivity contribution is 4.74. The zero-order chi connectivity index (χ0) is 11.1. The van der Waals surface area contributed by atoms with Crippen LogP contribution < -0.4 is 10.6 Å². The second kappa shape index (κ2) is 6.66. The Kier molecular flexibility index (Phi) is 4.83. The van der Waals surface area contributed by atoms with Crippen LogP contribution in [0.5, 0.6) is 0 Å². The highest BCUT2D eigenvalue weighted by atomic mass is 15.0. The van der Waals surface area contributed by atoms with Crippen molar-refractivity contribution in [2.45, 2.75) is 25.8 Å². The van der Waals surface area contributed by atoms with E-state index in [9.17, 15) is 0 Å². The smallest absolute Gasteiger partial charge is 0.0945 e. The fourth-order valence-corrected chi connectivity index (χ4v) is 2.21. The number of hydrogen-bond donors (Lipinski definition) is 2. The molecule has 0 aromatic carbocycles. The van der Waals surface area contributed by atoms with Crippen molar-refractivity contribution in [3.8, 4) is 0 Å². The molecule has 1 aromatic rings. The van der Waals surface area contributed by atoms with Crippen molar-refractivity contribution in [2.24, 2.45) is 5.92 Å². The van der Waals surface area contributed by atoms with Crippen molar-refractivity contribution in [2.75, 3.05) is 26.2 Å². The molecule has 0 amide bonds. The van der Waals surface area contributed by atoms with Gasteiger partial charge in [-0.25, -0.2) is 4.98 Å². The van der Waals surface area contributed by atoms with Gasteiger partial charge in [0.25, 0.3) is 0 Å². The Morgan fingerprint density at radius 3 is 3.25 bits per heavy atom. The van der Waals surface area contributed by atoms with Crippen molar-refractivity contribution in [3.05, 3.63) is 18.7 Å². The summed E-state index contributed by atoms with van der Waals surface area (Å²) in [6, 6.07) is 0. The largest absolute Gasteiger partial charge is 0.337 e. The lowest BCUT2D eigenvalue weighted by molar-refractivity contribution is 0.358. The summed E-state index contributed by atoms with van der Waals surface area (Å²) in [5.74, 6) is 0.835. The monoisotopic (exact) mass is 222 g/mol. The molecule has 16 heavy (non-hydrogen) atoms. The molecule has 1 unspecified atom stereocenters. The Hall–Kier alpha value is -0.870. The van der Waals surface area contributed by atoms with E-state index in [1.807, 2.05) is 18.7 Å². The number of piperidine rings is 1. The molecule has 2 rings (SSSR count). The molecule has 1 atom stereocenters. The zero-order valence-corrected chi connectivity index (χ0v) is 9.86. The van der Waals surface area contributed by atoms with Crippen molar-refractivity contribution in [3.63, 3.8) is 0 Å². The predicted molar refractivity (Wildman–Crippen MR) is 65.3 cm³/mol. The molecular formula is C12H22N4. The predicted octanol–water partition coefficient (Wildman–Crippen LogP) is 0.862. The van der Waals surface area contributed by atoms with Crippen molar-refractivity contribution in [1.82, 2.24) is 20.2 Å². The minimum absolute atomic E-state index is 0.835. The average Bonchev–Trinajstić information content (AvgIpc) is 2.83. The van der Waals surface area contributed by atoms with Crippen LogP contribution >= 0.6 is 0 Å². The van der Waals surface area contributed by atoms with Crippen molar-refractivity contribution < 1.29 is 0 Å². The van der Waals surface area contributed by atoms with Gasteiger partial charge >= 0.3 is 0 Å². The van der Waals surface area contributed by atoms with Gasteiger partial charge in [-0.05, 0) is 51.4 Å². The molecule has 0 aliphatic carbocycles. The van der Waals surface area contributed by atoms with E-state index < -0.39 is 0 Å². The van der Waals surface area contributed by atoms with E-state index in [4.69, 9.17) is 0 Å². The lowest BCUT2D eigenvalue weighted by atomic mass is 10.00. The molecule has 1 aliphatic heterocycles. The first-order valence-corrected chi connectivity index (χ1v) is 6.32. The van der Waals surface area contributed by atoms with E-state index >= 15 is 0 Å². The maximum Gasteiger partial charge on any atom is 0.0945 e. The number of rotatable bonds is 6. The quantitative estimate of drug-likeness (QED) is 0.702. The molecule has 0 saturated carbocycles. The number of nitrogens with one attached hydrogen (secondary N) is 2. The molecule has 2 N–H and O–H groups in total. The van der Waals surface area contributed by atoms with Gasteiger partial charge in [0.1, 0.15) is 0 Å². The van der Waals surface area contributed by atoms with Gasteiger partial charge in [-0.15, -0.1) is 0 Å². The standard InChI is InChI=1S/C12H22N4/c1-3-12(9-13-4-1)10-14-5-2-7-16-8-6-15-11-16/h6,8,11-14H,1-5,7,9-10H2. The molecule has 1 saturated heterocycles. The van der Waals surface area contributed by atoms with Gasteiger partial charge in [0.05, 0.1) is 6.33 Å². The highest BCUT2D eigenvalue weighted by Crippen LogP contribution is 2.07. The van der Waals surface area contributed by atoms with E-state index in [1.54, 1.807) is 0 Å². The van der Waals surface area contributed by atoms with Crippen LogP contribution in [0.2, 0.25) is 0 Å². The summed E-state index contributed by atoms with van der Waals surface area (Å²) in [5.41, 5.74) is 0. The van der Waals surface area contributed by atoms with Gasteiger partial charge in [-0.1, -0.05) is 0 Å². The number of aryl methyl sites for hydroxylation is 1. The number of nitrogens with zero attached hydrogens (tertiary/aromatic N) is 2. The van der Waals surface area contributed by atoms with Crippen LogP contribution in [0.1, 0.15) is 19.3 Å². The normalized spacial score (nSPS) is 21.1. The summed E-state index contributed by atoms with van der Waals surface area (Å²) in [5, 5.41) is 6.99. The number of aromatic nitrogens is 2. The van der Waals surface area contributed by atoms with Crippen LogP contribution in [0.15, 0.2) is 18.7 Å². The summed E-state index contributed by atoms with van der Waals surface area (Å²) >= 11 is 0.